The second kappa shape index (κ2) is 8.01. The van der Waals surface area contributed by atoms with E-state index in [4.69, 9.17) is 0 Å². The van der Waals surface area contributed by atoms with Gasteiger partial charge in [0.15, 0.2) is 11.3 Å². The van der Waals surface area contributed by atoms with Crippen LogP contribution in [0.25, 0.3) is 16.9 Å². The summed E-state index contributed by atoms with van der Waals surface area (Å²) in [5.74, 6) is -0.491. The molecule has 12 heteroatoms. The molecule has 0 atom stereocenters. The van der Waals surface area contributed by atoms with E-state index in [-0.39, 0.29) is 23.4 Å². The summed E-state index contributed by atoms with van der Waals surface area (Å²) >= 11 is 0. The van der Waals surface area contributed by atoms with Gasteiger partial charge in [0, 0.05) is 50.2 Å². The Morgan fingerprint density at radius 2 is 1.91 bits per heavy atom. The van der Waals surface area contributed by atoms with Crippen molar-refractivity contribution < 1.29 is 18.0 Å². The lowest BCUT2D eigenvalue weighted by atomic mass is 10.1. The van der Waals surface area contributed by atoms with E-state index < -0.39 is 17.8 Å². The van der Waals surface area contributed by atoms with E-state index in [1.807, 2.05) is 18.5 Å². The van der Waals surface area contributed by atoms with Crippen molar-refractivity contribution >= 4 is 11.6 Å². The maximum Gasteiger partial charge on any atom is 0.433 e. The molecule has 33 heavy (non-hydrogen) atoms. The van der Waals surface area contributed by atoms with Crippen LogP contribution in [-0.4, -0.2) is 52.0 Å². The maximum absolute atomic E-state index is 13.8. The van der Waals surface area contributed by atoms with Gasteiger partial charge in [0.25, 0.3) is 5.91 Å². The first-order valence-corrected chi connectivity index (χ1v) is 10.2. The van der Waals surface area contributed by atoms with Crippen LogP contribution in [0.4, 0.5) is 13.2 Å². The Balaban J connectivity index is 1.79. The molecule has 0 fully saturated rings. The summed E-state index contributed by atoms with van der Waals surface area (Å²) in [5.41, 5.74) is 1.60. The molecule has 0 unspecified atom stereocenters. The second-order valence-corrected chi connectivity index (χ2v) is 7.85. The fourth-order valence-electron chi connectivity index (χ4n) is 3.80. The summed E-state index contributed by atoms with van der Waals surface area (Å²) in [7, 11) is 3.25. The largest absolute Gasteiger partial charge is 0.433 e. The average Bonchev–Trinajstić information content (AvgIpc) is 3.42. The molecule has 0 aliphatic heterocycles. The van der Waals surface area contributed by atoms with Gasteiger partial charge in [0.1, 0.15) is 5.56 Å². The molecule has 9 nitrogen and oxygen atoms in total. The van der Waals surface area contributed by atoms with E-state index in [1.165, 1.54) is 9.58 Å². The molecule has 4 rings (SSSR count). The predicted molar refractivity (Wildman–Crippen MR) is 113 cm³/mol. The number of fused-ring (bicyclic) bond motifs is 1. The zero-order valence-electron chi connectivity index (χ0n) is 18.8. The fraction of sp³-hybridized carbons (Fsp3) is 0.381. The van der Waals surface area contributed by atoms with Gasteiger partial charge in [-0.2, -0.15) is 28.5 Å². The number of halogens is 3. The minimum atomic E-state index is -4.70. The van der Waals surface area contributed by atoms with Crippen LogP contribution in [0.5, 0.6) is 0 Å². The van der Waals surface area contributed by atoms with Crippen molar-refractivity contribution in [1.29, 1.82) is 0 Å². The van der Waals surface area contributed by atoms with Gasteiger partial charge >= 0.3 is 6.18 Å². The zero-order chi connectivity index (χ0) is 24.1. The van der Waals surface area contributed by atoms with Crippen LogP contribution in [0.2, 0.25) is 0 Å². The molecule has 0 aromatic carbocycles. The minimum Gasteiger partial charge on any atom is -0.337 e. The van der Waals surface area contributed by atoms with E-state index >= 15 is 0 Å². The summed E-state index contributed by atoms with van der Waals surface area (Å²) in [6, 6.07) is 0.921. The molecule has 0 N–H and O–H groups in total. The van der Waals surface area contributed by atoms with Crippen molar-refractivity contribution in [2.75, 3.05) is 7.05 Å². The maximum atomic E-state index is 13.8. The summed E-state index contributed by atoms with van der Waals surface area (Å²) in [6.07, 6.45) is -0.302. The van der Waals surface area contributed by atoms with Crippen LogP contribution in [0, 0.1) is 13.8 Å². The first kappa shape index (κ1) is 22.5. The molecule has 4 aromatic rings. The van der Waals surface area contributed by atoms with Gasteiger partial charge in [-0.15, -0.1) is 0 Å². The third kappa shape index (κ3) is 3.96. The number of carbonyl (C=O) groups is 1. The lowest BCUT2D eigenvalue weighted by molar-refractivity contribution is -0.142. The number of aryl methyl sites for hydroxylation is 3. The molecule has 4 aromatic heterocycles. The predicted octanol–water partition coefficient (Wildman–Crippen LogP) is 3.25. The highest BCUT2D eigenvalue weighted by Gasteiger charge is 2.36. The molecule has 4 heterocycles. The quantitative estimate of drug-likeness (QED) is 0.456. The molecule has 0 saturated heterocycles. The first-order chi connectivity index (χ1) is 15.5. The molecular formula is C21H23F3N8O. The Kier molecular flexibility index (Phi) is 5.46. The third-order valence-corrected chi connectivity index (χ3v) is 5.54. The van der Waals surface area contributed by atoms with Gasteiger partial charge in [-0.05, 0) is 26.8 Å². The molecule has 0 aliphatic carbocycles. The topological polar surface area (TPSA) is 86.1 Å². The van der Waals surface area contributed by atoms with Gasteiger partial charge in [-0.25, -0.2) is 9.50 Å². The number of alkyl halides is 3. The Morgan fingerprint density at radius 3 is 2.48 bits per heavy atom. The van der Waals surface area contributed by atoms with Crippen LogP contribution in [0.15, 0.2) is 24.7 Å². The highest BCUT2D eigenvalue weighted by atomic mass is 19.4. The van der Waals surface area contributed by atoms with E-state index in [0.717, 1.165) is 23.5 Å². The van der Waals surface area contributed by atoms with Crippen molar-refractivity contribution in [3.63, 3.8) is 0 Å². The van der Waals surface area contributed by atoms with Crippen molar-refractivity contribution in [2.45, 2.75) is 40.0 Å². The summed E-state index contributed by atoms with van der Waals surface area (Å²) < 4.78 is 45.5. The standard InChI is InChI=1S/C21H23F3N8O/c1-6-31-13(3)14(8-25-31)10-29(4)20(33)15-9-26-32-18(21(22,23)24)7-17(27-19(15)32)16-11-30(5)28-12(16)2/h7-9,11H,6,10H2,1-5H3. The van der Waals surface area contributed by atoms with Crippen LogP contribution in [0.1, 0.15) is 39.9 Å². The molecule has 174 valence electrons. The fourth-order valence-corrected chi connectivity index (χ4v) is 3.80. The highest BCUT2D eigenvalue weighted by molar-refractivity contribution is 5.99. The molecule has 0 spiro atoms. The number of hydrogen-bond donors (Lipinski definition) is 0. The zero-order valence-corrected chi connectivity index (χ0v) is 18.8. The lowest BCUT2D eigenvalue weighted by Gasteiger charge is -2.17. The van der Waals surface area contributed by atoms with Crippen molar-refractivity contribution in [2.24, 2.45) is 7.05 Å². The summed E-state index contributed by atoms with van der Waals surface area (Å²) in [5, 5.41) is 12.3. The number of nitrogens with zero attached hydrogens (tertiary/aromatic N) is 8. The Morgan fingerprint density at radius 1 is 1.18 bits per heavy atom. The summed E-state index contributed by atoms with van der Waals surface area (Å²) in [4.78, 5) is 19.0. The first-order valence-electron chi connectivity index (χ1n) is 10.2. The Hall–Kier alpha value is -3.70. The normalized spacial score (nSPS) is 12.0. The molecule has 1 amide bonds. The van der Waals surface area contributed by atoms with Crippen molar-refractivity contribution in [3.05, 3.63) is 52.9 Å². The van der Waals surface area contributed by atoms with E-state index in [1.54, 1.807) is 33.4 Å². The average molecular weight is 460 g/mol. The summed E-state index contributed by atoms with van der Waals surface area (Å²) in [6.45, 7) is 6.49. The van der Waals surface area contributed by atoms with Gasteiger partial charge in [-0.3, -0.25) is 14.2 Å². The van der Waals surface area contributed by atoms with Gasteiger partial charge in [0.05, 0.1) is 23.8 Å². The number of rotatable bonds is 5. The van der Waals surface area contributed by atoms with Crippen LogP contribution < -0.4 is 0 Å². The molecule has 0 bridgehead atoms. The van der Waals surface area contributed by atoms with Crippen molar-refractivity contribution in [1.82, 2.24) is 39.1 Å². The number of hydrogen-bond acceptors (Lipinski definition) is 5. The number of carbonyl (C=O) groups excluding carboxylic acids is 1. The minimum absolute atomic E-state index is 0.0214. The smallest absolute Gasteiger partial charge is 0.337 e. The van der Waals surface area contributed by atoms with Gasteiger partial charge in [-0.1, -0.05) is 0 Å². The molecule has 0 radical (unpaired) electrons. The highest BCUT2D eigenvalue weighted by Crippen LogP contribution is 2.33. The Labute approximate surface area is 187 Å². The molecular weight excluding hydrogens is 437 g/mol. The van der Waals surface area contributed by atoms with Crippen LogP contribution >= 0.6 is 0 Å². The third-order valence-electron chi connectivity index (χ3n) is 5.54. The lowest BCUT2D eigenvalue weighted by Crippen LogP contribution is -2.26. The number of aromatic nitrogens is 7. The monoisotopic (exact) mass is 460 g/mol. The van der Waals surface area contributed by atoms with Crippen LogP contribution in [0.3, 0.4) is 0 Å². The molecule has 0 saturated carbocycles. The van der Waals surface area contributed by atoms with E-state index in [9.17, 15) is 18.0 Å². The van der Waals surface area contributed by atoms with Crippen molar-refractivity contribution in [3.8, 4) is 11.3 Å². The van der Waals surface area contributed by atoms with E-state index in [2.05, 4.69) is 20.3 Å². The van der Waals surface area contributed by atoms with Gasteiger partial charge < -0.3 is 4.90 Å². The second-order valence-electron chi connectivity index (χ2n) is 7.85. The molecule has 0 aliphatic rings. The van der Waals surface area contributed by atoms with Gasteiger partial charge in [0.2, 0.25) is 0 Å². The number of amides is 1. The van der Waals surface area contributed by atoms with E-state index in [0.29, 0.717) is 22.3 Å². The van der Waals surface area contributed by atoms with Crippen LogP contribution in [-0.2, 0) is 26.3 Å². The Bertz CT molecular complexity index is 1350. The SMILES string of the molecule is CCn1ncc(CN(C)C(=O)c2cnn3c(C(F)(F)F)cc(-c4cn(C)nc4C)nc23)c1C.